The Morgan fingerprint density at radius 1 is 1.26 bits per heavy atom. The average molecular weight is 472 g/mol. The molecule has 0 saturated heterocycles. The van der Waals surface area contributed by atoms with Crippen LogP contribution in [0.15, 0.2) is 23.2 Å². The molecule has 2 aromatic rings. The van der Waals surface area contributed by atoms with Gasteiger partial charge in [-0.2, -0.15) is 13.2 Å². The maximum atomic E-state index is 14.4. The molecule has 1 atom stereocenters. The summed E-state index contributed by atoms with van der Waals surface area (Å²) in [4.78, 5) is 2.27. The zero-order chi connectivity index (χ0) is 23.0. The van der Waals surface area contributed by atoms with Crippen LogP contribution < -0.4 is 14.2 Å². The quantitative estimate of drug-likeness (QED) is 0.590. The van der Waals surface area contributed by atoms with E-state index in [9.17, 15) is 34.8 Å². The molecule has 0 bridgehead atoms. The summed E-state index contributed by atoms with van der Waals surface area (Å²) in [7, 11) is -3.22. The molecule has 2 N–H and O–H groups in total. The summed E-state index contributed by atoms with van der Waals surface area (Å²) >= 11 is 0. The number of halogens is 6. The Kier molecular flexibility index (Phi) is 6.35. The fourth-order valence-corrected chi connectivity index (χ4v) is 4.68. The van der Waals surface area contributed by atoms with Crippen LogP contribution in [0.3, 0.4) is 0 Å². The molecule has 1 heterocycles. The first kappa shape index (κ1) is 23.1. The lowest BCUT2D eigenvalue weighted by Gasteiger charge is -2.25. The van der Waals surface area contributed by atoms with E-state index in [4.69, 9.17) is 9.47 Å². The van der Waals surface area contributed by atoms with Crippen LogP contribution in [0, 0.1) is 11.7 Å². The Bertz CT molecular complexity index is 1050. The number of aromatic nitrogens is 1. The van der Waals surface area contributed by atoms with Crippen molar-refractivity contribution in [3.05, 3.63) is 35.4 Å². The number of hydrogen-bond donors (Lipinski definition) is 2. The van der Waals surface area contributed by atoms with Gasteiger partial charge in [-0.1, -0.05) is 0 Å². The summed E-state index contributed by atoms with van der Waals surface area (Å²) in [5, 5.41) is 0. The van der Waals surface area contributed by atoms with Gasteiger partial charge in [0, 0.05) is 24.0 Å². The molecule has 0 amide bonds. The van der Waals surface area contributed by atoms with Gasteiger partial charge in [0.2, 0.25) is 0 Å². The van der Waals surface area contributed by atoms with E-state index in [1.54, 1.807) is 0 Å². The minimum atomic E-state index is -4.39. The van der Waals surface area contributed by atoms with Crippen molar-refractivity contribution in [1.29, 1.82) is 0 Å². The molecule has 1 aromatic heterocycles. The normalized spacial score (nSPS) is 16.8. The van der Waals surface area contributed by atoms with Crippen LogP contribution in [0.2, 0.25) is 0 Å². The van der Waals surface area contributed by atoms with Gasteiger partial charge in [-0.25, -0.2) is 21.6 Å². The van der Waals surface area contributed by atoms with E-state index in [0.717, 1.165) is 19.4 Å². The molecule has 0 fully saturated rings. The monoisotopic (exact) mass is 472 g/mol. The maximum absolute atomic E-state index is 14.4. The summed E-state index contributed by atoms with van der Waals surface area (Å²) in [5.41, 5.74) is -0.180. The second kappa shape index (κ2) is 8.52. The summed E-state index contributed by atoms with van der Waals surface area (Å²) in [5.74, 6) is -3.23. The van der Waals surface area contributed by atoms with Crippen LogP contribution in [0.25, 0.3) is 0 Å². The summed E-state index contributed by atoms with van der Waals surface area (Å²) in [6.45, 7) is -1.02. The molecule has 13 heteroatoms. The van der Waals surface area contributed by atoms with Gasteiger partial charge in [0.1, 0.15) is 11.5 Å². The number of alkyl halides is 5. The lowest BCUT2D eigenvalue weighted by atomic mass is 9.87. The fraction of sp³-hybridized carbons (Fsp3) is 0.444. The standard InChI is InChI=1S/C18H18F6N2O4S/c1-29-14-6-13(11(19)5-15(14)30-8-17(20)21)26-31(27,28)16-7-25-12-4-9(18(22,23)24)2-3-10(12)16/h5-7,9,17,25-26H,2-4,8H2,1H3. The van der Waals surface area contributed by atoms with Crippen molar-refractivity contribution in [3.63, 3.8) is 0 Å². The lowest BCUT2D eigenvalue weighted by Crippen LogP contribution is -2.29. The third-order valence-corrected chi connectivity index (χ3v) is 6.28. The zero-order valence-corrected chi connectivity index (χ0v) is 16.8. The molecule has 1 aromatic carbocycles. The molecule has 1 aliphatic carbocycles. The van der Waals surface area contributed by atoms with E-state index in [1.807, 2.05) is 4.72 Å². The van der Waals surface area contributed by atoms with Crippen LogP contribution in [-0.4, -0.2) is 39.7 Å². The first-order chi connectivity index (χ1) is 14.4. The number of H-pyrrole nitrogens is 1. The minimum absolute atomic E-state index is 0.120. The van der Waals surface area contributed by atoms with Crippen molar-refractivity contribution in [3.8, 4) is 11.5 Å². The van der Waals surface area contributed by atoms with Gasteiger partial charge >= 0.3 is 6.18 Å². The number of benzene rings is 1. The Morgan fingerprint density at radius 3 is 2.58 bits per heavy atom. The van der Waals surface area contributed by atoms with E-state index in [1.165, 1.54) is 0 Å². The first-order valence-electron chi connectivity index (χ1n) is 8.99. The SMILES string of the molecule is COc1cc(NS(=O)(=O)c2c[nH]c3c2CCC(C(F)(F)F)C3)c(F)cc1OCC(F)F. The van der Waals surface area contributed by atoms with Crippen LogP contribution in [0.5, 0.6) is 11.5 Å². The third-order valence-electron chi connectivity index (χ3n) is 4.85. The highest BCUT2D eigenvalue weighted by Gasteiger charge is 2.42. The predicted octanol–water partition coefficient (Wildman–Crippen LogP) is 4.27. The molecular weight excluding hydrogens is 454 g/mol. The highest BCUT2D eigenvalue weighted by atomic mass is 32.2. The smallest absolute Gasteiger partial charge is 0.392 e. The number of rotatable bonds is 7. The maximum Gasteiger partial charge on any atom is 0.392 e. The molecule has 31 heavy (non-hydrogen) atoms. The predicted molar refractivity (Wildman–Crippen MR) is 97.6 cm³/mol. The molecular formula is C18H18F6N2O4S. The number of anilines is 1. The van der Waals surface area contributed by atoms with Gasteiger partial charge in [0.15, 0.2) is 17.3 Å². The Morgan fingerprint density at radius 2 is 1.97 bits per heavy atom. The van der Waals surface area contributed by atoms with Crippen molar-refractivity contribution < 1.29 is 44.2 Å². The Labute approximate surface area is 173 Å². The van der Waals surface area contributed by atoms with Crippen LogP contribution in [0.4, 0.5) is 32.0 Å². The van der Waals surface area contributed by atoms with Gasteiger partial charge in [0.25, 0.3) is 16.4 Å². The molecule has 0 spiro atoms. The van der Waals surface area contributed by atoms with Crippen LogP contribution in [0.1, 0.15) is 17.7 Å². The number of fused-ring (bicyclic) bond motifs is 1. The van der Waals surface area contributed by atoms with Gasteiger partial charge in [-0.3, -0.25) is 4.72 Å². The van der Waals surface area contributed by atoms with Crippen molar-refractivity contribution in [1.82, 2.24) is 4.98 Å². The second-order valence-electron chi connectivity index (χ2n) is 6.88. The molecule has 0 saturated carbocycles. The highest BCUT2D eigenvalue weighted by Crippen LogP contribution is 2.39. The Hall–Kier alpha value is -2.57. The number of hydrogen-bond acceptors (Lipinski definition) is 4. The molecule has 1 aliphatic rings. The number of nitrogens with one attached hydrogen (secondary N) is 2. The van der Waals surface area contributed by atoms with E-state index < -0.39 is 46.7 Å². The molecule has 6 nitrogen and oxygen atoms in total. The largest absolute Gasteiger partial charge is 0.493 e. The van der Waals surface area contributed by atoms with Crippen LogP contribution in [-0.2, 0) is 22.9 Å². The number of sulfonamides is 1. The van der Waals surface area contributed by atoms with E-state index in [0.29, 0.717) is 6.07 Å². The minimum Gasteiger partial charge on any atom is -0.493 e. The number of ether oxygens (including phenoxy) is 2. The highest BCUT2D eigenvalue weighted by molar-refractivity contribution is 7.92. The van der Waals surface area contributed by atoms with Gasteiger partial charge in [-0.15, -0.1) is 0 Å². The average Bonchev–Trinajstić information content (AvgIpc) is 3.11. The third kappa shape index (κ3) is 5.02. The second-order valence-corrected chi connectivity index (χ2v) is 8.53. The molecule has 0 aliphatic heterocycles. The fourth-order valence-electron chi connectivity index (χ4n) is 3.36. The van der Waals surface area contributed by atoms with E-state index in [2.05, 4.69) is 4.98 Å². The van der Waals surface area contributed by atoms with E-state index >= 15 is 0 Å². The summed E-state index contributed by atoms with van der Waals surface area (Å²) in [6.07, 6.45) is -6.93. The molecule has 1 unspecified atom stereocenters. The number of aromatic amines is 1. The van der Waals surface area contributed by atoms with Crippen molar-refractivity contribution in [2.45, 2.75) is 36.8 Å². The Balaban J connectivity index is 1.86. The van der Waals surface area contributed by atoms with E-state index in [-0.39, 0.29) is 46.9 Å². The summed E-state index contributed by atoms with van der Waals surface area (Å²) in [6, 6.07) is 1.62. The number of methoxy groups -OCH3 is 1. The van der Waals surface area contributed by atoms with Crippen LogP contribution >= 0.6 is 0 Å². The van der Waals surface area contributed by atoms with Crippen molar-refractivity contribution in [2.75, 3.05) is 18.4 Å². The zero-order valence-electron chi connectivity index (χ0n) is 16.0. The first-order valence-corrected chi connectivity index (χ1v) is 10.5. The topological polar surface area (TPSA) is 80.4 Å². The van der Waals surface area contributed by atoms with Gasteiger partial charge in [-0.05, 0) is 24.8 Å². The van der Waals surface area contributed by atoms with Gasteiger partial charge < -0.3 is 14.5 Å². The van der Waals surface area contributed by atoms with Gasteiger partial charge in [0.05, 0.1) is 18.7 Å². The van der Waals surface area contributed by atoms with Crippen molar-refractivity contribution in [2.24, 2.45) is 5.92 Å². The molecule has 172 valence electrons. The molecule has 0 radical (unpaired) electrons. The molecule has 3 rings (SSSR count). The summed E-state index contributed by atoms with van der Waals surface area (Å²) < 4.78 is 115. The lowest BCUT2D eigenvalue weighted by molar-refractivity contribution is -0.177. The van der Waals surface area contributed by atoms with Crippen molar-refractivity contribution >= 4 is 15.7 Å².